The Morgan fingerprint density at radius 2 is 2.21 bits per heavy atom. The minimum atomic E-state index is 0. The van der Waals surface area contributed by atoms with Crippen molar-refractivity contribution in [1.29, 1.82) is 0 Å². The third kappa shape index (κ3) is 3.77. The number of Topliss-reactive ketones (excluding diaryl/α,β-unsaturated/α-hetero) is 1. The number of halogens is 1. The predicted molar refractivity (Wildman–Crippen MR) is 58.2 cm³/mol. The largest absolute Gasteiger partial charge is 0.492 e. The Morgan fingerprint density at radius 1 is 1.50 bits per heavy atom. The molecule has 78 valence electrons. The zero-order valence-electron chi connectivity index (χ0n) is 8.03. The minimum Gasteiger partial charge on any atom is -0.492 e. The number of nitrogens with two attached hydrogens (primary N) is 1. The van der Waals surface area contributed by atoms with Crippen LogP contribution in [0.1, 0.15) is 17.3 Å². The second-order valence-electron chi connectivity index (χ2n) is 2.72. The highest BCUT2D eigenvalue weighted by Gasteiger charge is 1.99. The number of hydrogen-bond acceptors (Lipinski definition) is 3. The molecule has 0 amide bonds. The summed E-state index contributed by atoms with van der Waals surface area (Å²) in [6.45, 7) is 2.48. The van der Waals surface area contributed by atoms with E-state index in [-0.39, 0.29) is 18.2 Å². The summed E-state index contributed by atoms with van der Waals surface area (Å²) >= 11 is 0. The second kappa shape index (κ2) is 6.40. The first kappa shape index (κ1) is 12.9. The van der Waals surface area contributed by atoms with Gasteiger partial charge in [-0.2, -0.15) is 0 Å². The number of benzene rings is 1. The van der Waals surface area contributed by atoms with E-state index in [1.165, 1.54) is 6.92 Å². The predicted octanol–water partition coefficient (Wildman–Crippen LogP) is 1.65. The quantitative estimate of drug-likeness (QED) is 0.778. The van der Waals surface area contributed by atoms with Gasteiger partial charge in [-0.1, -0.05) is 12.1 Å². The van der Waals surface area contributed by atoms with Gasteiger partial charge in [0.25, 0.3) is 0 Å². The Morgan fingerprint density at radius 3 is 2.79 bits per heavy atom. The second-order valence-corrected chi connectivity index (χ2v) is 2.72. The average molecular weight is 216 g/mol. The number of ether oxygens (including phenoxy) is 1. The van der Waals surface area contributed by atoms with Gasteiger partial charge in [-0.25, -0.2) is 0 Å². The fourth-order valence-corrected chi connectivity index (χ4v) is 0.982. The van der Waals surface area contributed by atoms with Crippen LogP contribution in [0.25, 0.3) is 0 Å². The molecule has 14 heavy (non-hydrogen) atoms. The lowest BCUT2D eigenvalue weighted by Gasteiger charge is -2.04. The van der Waals surface area contributed by atoms with Crippen LogP contribution >= 0.6 is 12.4 Å². The molecule has 0 aliphatic carbocycles. The van der Waals surface area contributed by atoms with Gasteiger partial charge in [0.1, 0.15) is 12.4 Å². The zero-order valence-corrected chi connectivity index (χ0v) is 8.84. The van der Waals surface area contributed by atoms with Gasteiger partial charge < -0.3 is 10.5 Å². The summed E-state index contributed by atoms with van der Waals surface area (Å²) < 4.78 is 5.27. The topological polar surface area (TPSA) is 52.3 Å². The molecule has 1 aromatic carbocycles. The van der Waals surface area contributed by atoms with Gasteiger partial charge in [0.05, 0.1) is 0 Å². The molecule has 4 heteroatoms. The smallest absolute Gasteiger partial charge is 0.159 e. The van der Waals surface area contributed by atoms with Crippen molar-refractivity contribution in [1.82, 2.24) is 0 Å². The molecule has 0 atom stereocenters. The maximum Gasteiger partial charge on any atom is 0.159 e. The standard InChI is InChI=1S/C10H13NO2.ClH/c1-8(12)9-3-2-4-10(7-9)13-6-5-11;/h2-4,7H,5-6,11H2,1H3;1H. The average Bonchev–Trinajstić information content (AvgIpc) is 2.15. The van der Waals surface area contributed by atoms with Crippen molar-refractivity contribution in [2.24, 2.45) is 5.73 Å². The van der Waals surface area contributed by atoms with Crippen molar-refractivity contribution in [2.75, 3.05) is 13.2 Å². The number of hydrogen-bond donors (Lipinski definition) is 1. The fourth-order valence-electron chi connectivity index (χ4n) is 0.982. The van der Waals surface area contributed by atoms with E-state index in [1.54, 1.807) is 18.2 Å². The molecule has 0 saturated carbocycles. The first-order chi connectivity index (χ1) is 6.24. The summed E-state index contributed by atoms with van der Waals surface area (Å²) in [6.07, 6.45) is 0. The Hall–Kier alpha value is -1.06. The molecule has 1 aromatic rings. The van der Waals surface area contributed by atoms with E-state index < -0.39 is 0 Å². The Labute approximate surface area is 89.7 Å². The molecule has 3 nitrogen and oxygen atoms in total. The van der Waals surface area contributed by atoms with Gasteiger partial charge in [0.15, 0.2) is 5.78 Å². The highest BCUT2D eigenvalue weighted by molar-refractivity contribution is 5.94. The Kier molecular flexibility index (Phi) is 5.92. The molecule has 0 radical (unpaired) electrons. The van der Waals surface area contributed by atoms with E-state index in [9.17, 15) is 4.79 Å². The van der Waals surface area contributed by atoms with E-state index in [2.05, 4.69) is 0 Å². The van der Waals surface area contributed by atoms with Gasteiger partial charge in [-0.15, -0.1) is 12.4 Å². The SMILES string of the molecule is CC(=O)c1cccc(OCCN)c1.Cl. The van der Waals surface area contributed by atoms with Gasteiger partial charge >= 0.3 is 0 Å². The van der Waals surface area contributed by atoms with Crippen LogP contribution in [0.5, 0.6) is 5.75 Å². The highest BCUT2D eigenvalue weighted by atomic mass is 35.5. The molecule has 0 fully saturated rings. The molecular weight excluding hydrogens is 202 g/mol. The highest BCUT2D eigenvalue weighted by Crippen LogP contribution is 2.13. The summed E-state index contributed by atoms with van der Waals surface area (Å²) in [5.74, 6) is 0.733. The maximum absolute atomic E-state index is 11.0. The summed E-state index contributed by atoms with van der Waals surface area (Å²) in [5.41, 5.74) is 5.94. The maximum atomic E-state index is 11.0. The Bertz CT molecular complexity index is 302. The monoisotopic (exact) mass is 215 g/mol. The van der Waals surface area contributed by atoms with Crippen LogP contribution in [0.4, 0.5) is 0 Å². The summed E-state index contributed by atoms with van der Waals surface area (Å²) in [4.78, 5) is 11.0. The molecule has 0 aliphatic rings. The van der Waals surface area contributed by atoms with E-state index in [0.717, 1.165) is 0 Å². The van der Waals surface area contributed by atoms with E-state index in [0.29, 0.717) is 24.5 Å². The van der Waals surface area contributed by atoms with Gasteiger partial charge in [-0.05, 0) is 19.1 Å². The lowest BCUT2D eigenvalue weighted by Crippen LogP contribution is -2.10. The number of rotatable bonds is 4. The molecule has 0 aromatic heterocycles. The van der Waals surface area contributed by atoms with Crippen molar-refractivity contribution in [3.63, 3.8) is 0 Å². The molecular formula is C10H14ClNO2. The van der Waals surface area contributed by atoms with Crippen molar-refractivity contribution < 1.29 is 9.53 Å². The molecule has 0 bridgehead atoms. The summed E-state index contributed by atoms with van der Waals surface area (Å²) in [5, 5.41) is 0. The van der Waals surface area contributed by atoms with Gasteiger partial charge in [0, 0.05) is 12.1 Å². The third-order valence-corrected chi connectivity index (χ3v) is 1.63. The van der Waals surface area contributed by atoms with Gasteiger partial charge in [0.2, 0.25) is 0 Å². The van der Waals surface area contributed by atoms with Crippen LogP contribution in [-0.2, 0) is 0 Å². The van der Waals surface area contributed by atoms with Crippen molar-refractivity contribution >= 4 is 18.2 Å². The molecule has 0 aliphatic heterocycles. The fraction of sp³-hybridized carbons (Fsp3) is 0.300. The van der Waals surface area contributed by atoms with Crippen LogP contribution in [0.2, 0.25) is 0 Å². The van der Waals surface area contributed by atoms with Crippen LogP contribution < -0.4 is 10.5 Å². The Balaban J connectivity index is 0.00000169. The lowest BCUT2D eigenvalue weighted by atomic mass is 10.1. The van der Waals surface area contributed by atoms with E-state index in [4.69, 9.17) is 10.5 Å². The molecule has 0 heterocycles. The summed E-state index contributed by atoms with van der Waals surface area (Å²) in [7, 11) is 0. The lowest BCUT2D eigenvalue weighted by molar-refractivity contribution is 0.101. The van der Waals surface area contributed by atoms with Gasteiger partial charge in [-0.3, -0.25) is 4.79 Å². The molecule has 1 rings (SSSR count). The van der Waals surface area contributed by atoms with Crippen molar-refractivity contribution in [3.8, 4) is 5.75 Å². The zero-order chi connectivity index (χ0) is 9.68. The molecule has 2 N–H and O–H groups in total. The first-order valence-electron chi connectivity index (χ1n) is 4.18. The third-order valence-electron chi connectivity index (χ3n) is 1.63. The summed E-state index contributed by atoms with van der Waals surface area (Å²) in [6, 6.07) is 7.08. The van der Waals surface area contributed by atoms with Crippen molar-refractivity contribution in [3.05, 3.63) is 29.8 Å². The van der Waals surface area contributed by atoms with Crippen LogP contribution in [0.15, 0.2) is 24.3 Å². The molecule has 0 spiro atoms. The van der Waals surface area contributed by atoms with Crippen LogP contribution in [0.3, 0.4) is 0 Å². The number of ketones is 1. The molecule has 0 unspecified atom stereocenters. The number of carbonyl (C=O) groups is 1. The minimum absolute atomic E-state index is 0. The normalized spacial score (nSPS) is 9.00. The van der Waals surface area contributed by atoms with Crippen molar-refractivity contribution in [2.45, 2.75) is 6.92 Å². The van der Waals surface area contributed by atoms with E-state index >= 15 is 0 Å². The molecule has 0 saturated heterocycles. The van der Waals surface area contributed by atoms with Crippen LogP contribution in [-0.4, -0.2) is 18.9 Å². The number of carbonyl (C=O) groups excluding carboxylic acids is 1. The van der Waals surface area contributed by atoms with Crippen LogP contribution in [0, 0.1) is 0 Å². The van der Waals surface area contributed by atoms with E-state index in [1.807, 2.05) is 6.07 Å². The first-order valence-corrected chi connectivity index (χ1v) is 4.18.